The summed E-state index contributed by atoms with van der Waals surface area (Å²) in [6.45, 7) is 0. The summed E-state index contributed by atoms with van der Waals surface area (Å²) in [7, 11) is 1.65. The predicted octanol–water partition coefficient (Wildman–Crippen LogP) is 3.15. The van der Waals surface area contributed by atoms with Crippen LogP contribution in [-0.4, -0.2) is 18.4 Å². The van der Waals surface area contributed by atoms with Crippen molar-refractivity contribution in [2.24, 2.45) is 0 Å². The Morgan fingerprint density at radius 3 is 2.67 bits per heavy atom. The number of aromatic nitrogens is 2. The van der Waals surface area contributed by atoms with E-state index in [0.29, 0.717) is 5.92 Å². The zero-order valence-corrected chi connectivity index (χ0v) is 11.3. The predicted molar refractivity (Wildman–Crippen MR) is 70.3 cm³/mol. The summed E-state index contributed by atoms with van der Waals surface area (Å²) in [4.78, 5) is 7.85. The summed E-state index contributed by atoms with van der Waals surface area (Å²) in [6, 6.07) is 4.73. The summed E-state index contributed by atoms with van der Waals surface area (Å²) in [5.74, 6) is 1.44. The monoisotopic (exact) mass is 284 g/mol. The number of H-pyrrole nitrogens is 1. The number of fused-ring (bicyclic) bond motifs is 1. The summed E-state index contributed by atoms with van der Waals surface area (Å²) in [5, 5.41) is 0. The molecule has 0 bridgehead atoms. The van der Waals surface area contributed by atoms with E-state index in [1.54, 1.807) is 12.1 Å². The molecule has 1 aromatic carbocycles. The smallest absolute Gasteiger partial charge is 0.261 e. The largest absolute Gasteiger partial charge is 0.342 e. The molecular weight excluding hydrogens is 272 g/mol. The van der Waals surface area contributed by atoms with Gasteiger partial charge < -0.3 is 4.98 Å². The standard InChI is InChI=1S/C12H13ClN2O2S/c13-18(16,17)9-5-6-10-11(7-9)15-12(14-10)8-3-1-2-4-8/h5-8H,1-4H2,(H,14,15). The van der Waals surface area contributed by atoms with Crippen LogP contribution in [0.25, 0.3) is 11.0 Å². The highest BCUT2D eigenvalue weighted by Gasteiger charge is 2.20. The first-order valence-electron chi connectivity index (χ1n) is 5.98. The topological polar surface area (TPSA) is 62.8 Å². The van der Waals surface area contributed by atoms with Crippen LogP contribution >= 0.6 is 10.7 Å². The molecule has 1 heterocycles. The Bertz CT molecular complexity index is 687. The third-order valence-corrected chi connectivity index (χ3v) is 4.85. The van der Waals surface area contributed by atoms with Crippen LogP contribution in [0.5, 0.6) is 0 Å². The van der Waals surface area contributed by atoms with Gasteiger partial charge in [0, 0.05) is 16.6 Å². The number of imidazole rings is 1. The van der Waals surface area contributed by atoms with Crippen LogP contribution in [0.15, 0.2) is 23.1 Å². The van der Waals surface area contributed by atoms with Crippen molar-refractivity contribution >= 4 is 30.8 Å². The Hall–Kier alpha value is -1.07. The van der Waals surface area contributed by atoms with Crippen molar-refractivity contribution < 1.29 is 8.42 Å². The van der Waals surface area contributed by atoms with E-state index in [9.17, 15) is 8.42 Å². The molecule has 6 heteroatoms. The second-order valence-corrected chi connectivity index (χ2v) is 7.29. The van der Waals surface area contributed by atoms with Crippen molar-refractivity contribution in [1.82, 2.24) is 9.97 Å². The van der Waals surface area contributed by atoms with Gasteiger partial charge in [-0.3, -0.25) is 0 Å². The second kappa shape index (κ2) is 4.24. The number of aromatic amines is 1. The first-order valence-corrected chi connectivity index (χ1v) is 8.29. The van der Waals surface area contributed by atoms with Gasteiger partial charge in [0.15, 0.2) is 0 Å². The Labute approximate surface area is 110 Å². The molecular formula is C12H13ClN2O2S. The fourth-order valence-electron chi connectivity index (χ4n) is 2.55. The maximum atomic E-state index is 11.3. The Morgan fingerprint density at radius 2 is 2.00 bits per heavy atom. The number of nitrogens with one attached hydrogen (secondary N) is 1. The quantitative estimate of drug-likeness (QED) is 0.862. The Kier molecular flexibility index (Phi) is 2.83. The van der Waals surface area contributed by atoms with Crippen molar-refractivity contribution in [3.63, 3.8) is 0 Å². The van der Waals surface area contributed by atoms with E-state index in [2.05, 4.69) is 9.97 Å². The first-order chi connectivity index (χ1) is 8.54. The summed E-state index contributed by atoms with van der Waals surface area (Å²) in [5.41, 5.74) is 1.53. The van der Waals surface area contributed by atoms with Gasteiger partial charge in [0.05, 0.1) is 15.9 Å². The first kappa shape index (κ1) is 12.0. The molecule has 1 saturated carbocycles. The van der Waals surface area contributed by atoms with Gasteiger partial charge in [-0.15, -0.1) is 0 Å². The van der Waals surface area contributed by atoms with Crippen molar-refractivity contribution in [3.8, 4) is 0 Å². The molecule has 4 nitrogen and oxygen atoms in total. The fraction of sp³-hybridized carbons (Fsp3) is 0.417. The van der Waals surface area contributed by atoms with E-state index in [1.165, 1.54) is 18.9 Å². The van der Waals surface area contributed by atoms with Crippen LogP contribution in [0.1, 0.15) is 37.4 Å². The average Bonchev–Trinajstić information content (AvgIpc) is 2.95. The minimum atomic E-state index is -3.68. The Morgan fingerprint density at radius 1 is 1.28 bits per heavy atom. The normalized spacial score (nSPS) is 17.6. The lowest BCUT2D eigenvalue weighted by Gasteiger charge is -2.02. The minimum Gasteiger partial charge on any atom is -0.342 e. The molecule has 1 fully saturated rings. The highest BCUT2D eigenvalue weighted by Crippen LogP contribution is 2.33. The number of rotatable bonds is 2. The summed E-state index contributed by atoms with van der Waals surface area (Å²) >= 11 is 0. The minimum absolute atomic E-state index is 0.110. The molecule has 1 aromatic heterocycles. The SMILES string of the molecule is O=S(=O)(Cl)c1ccc2nc(C3CCCC3)[nH]c2c1. The van der Waals surface area contributed by atoms with Crippen LogP contribution in [-0.2, 0) is 9.05 Å². The van der Waals surface area contributed by atoms with Crippen molar-refractivity contribution in [2.75, 3.05) is 0 Å². The lowest BCUT2D eigenvalue weighted by molar-refractivity contribution is 0.609. The average molecular weight is 285 g/mol. The molecule has 0 spiro atoms. The van der Waals surface area contributed by atoms with Gasteiger partial charge in [0.2, 0.25) is 0 Å². The fourth-order valence-corrected chi connectivity index (χ4v) is 3.33. The molecule has 1 aliphatic rings. The molecule has 0 radical (unpaired) electrons. The molecule has 2 aromatic rings. The van der Waals surface area contributed by atoms with E-state index < -0.39 is 9.05 Å². The highest BCUT2D eigenvalue weighted by atomic mass is 35.7. The van der Waals surface area contributed by atoms with Crippen LogP contribution < -0.4 is 0 Å². The van der Waals surface area contributed by atoms with E-state index in [-0.39, 0.29) is 4.90 Å². The van der Waals surface area contributed by atoms with Crippen LogP contribution in [0.4, 0.5) is 0 Å². The van der Waals surface area contributed by atoms with Gasteiger partial charge in [-0.1, -0.05) is 12.8 Å². The number of benzene rings is 1. The second-order valence-electron chi connectivity index (χ2n) is 4.72. The van der Waals surface area contributed by atoms with E-state index in [4.69, 9.17) is 10.7 Å². The molecule has 18 heavy (non-hydrogen) atoms. The van der Waals surface area contributed by atoms with Gasteiger partial charge in [-0.05, 0) is 31.0 Å². The molecule has 0 saturated heterocycles. The number of hydrogen-bond acceptors (Lipinski definition) is 3. The number of halogens is 1. The van der Waals surface area contributed by atoms with Crippen LogP contribution in [0, 0.1) is 0 Å². The maximum absolute atomic E-state index is 11.3. The van der Waals surface area contributed by atoms with Crippen LogP contribution in [0.3, 0.4) is 0 Å². The van der Waals surface area contributed by atoms with E-state index >= 15 is 0 Å². The molecule has 1 aliphatic carbocycles. The third kappa shape index (κ3) is 2.12. The molecule has 3 rings (SSSR count). The van der Waals surface area contributed by atoms with Crippen LogP contribution in [0.2, 0.25) is 0 Å². The molecule has 0 amide bonds. The lowest BCUT2D eigenvalue weighted by Crippen LogP contribution is -1.93. The molecule has 1 N–H and O–H groups in total. The zero-order valence-electron chi connectivity index (χ0n) is 9.69. The lowest BCUT2D eigenvalue weighted by atomic mass is 10.1. The van der Waals surface area contributed by atoms with Gasteiger partial charge >= 0.3 is 0 Å². The number of nitrogens with zero attached hydrogens (tertiary/aromatic N) is 1. The maximum Gasteiger partial charge on any atom is 0.261 e. The highest BCUT2D eigenvalue weighted by molar-refractivity contribution is 8.13. The number of hydrogen-bond donors (Lipinski definition) is 1. The molecule has 0 aliphatic heterocycles. The zero-order chi connectivity index (χ0) is 12.8. The molecule has 96 valence electrons. The van der Waals surface area contributed by atoms with Crippen molar-refractivity contribution in [3.05, 3.63) is 24.0 Å². The Balaban J connectivity index is 2.06. The summed E-state index contributed by atoms with van der Waals surface area (Å²) in [6.07, 6.45) is 4.78. The van der Waals surface area contributed by atoms with Crippen molar-refractivity contribution in [1.29, 1.82) is 0 Å². The van der Waals surface area contributed by atoms with Gasteiger partial charge in [0.25, 0.3) is 9.05 Å². The summed E-state index contributed by atoms with van der Waals surface area (Å²) < 4.78 is 22.5. The van der Waals surface area contributed by atoms with Crippen molar-refractivity contribution in [2.45, 2.75) is 36.5 Å². The van der Waals surface area contributed by atoms with Gasteiger partial charge in [0.1, 0.15) is 5.82 Å². The molecule has 0 unspecified atom stereocenters. The van der Waals surface area contributed by atoms with E-state index in [0.717, 1.165) is 29.7 Å². The van der Waals surface area contributed by atoms with Gasteiger partial charge in [-0.2, -0.15) is 0 Å². The third-order valence-electron chi connectivity index (χ3n) is 3.50. The van der Waals surface area contributed by atoms with E-state index in [1.807, 2.05) is 0 Å². The molecule has 0 atom stereocenters. The van der Waals surface area contributed by atoms with Gasteiger partial charge in [-0.25, -0.2) is 13.4 Å².